The van der Waals surface area contributed by atoms with Crippen molar-refractivity contribution in [3.8, 4) is 11.5 Å². The average molecular weight is 475 g/mol. The van der Waals surface area contributed by atoms with Crippen molar-refractivity contribution < 1.29 is 29.3 Å². The van der Waals surface area contributed by atoms with Crippen molar-refractivity contribution in [1.29, 1.82) is 0 Å². The highest BCUT2D eigenvalue weighted by atomic mass is 16.5. The summed E-state index contributed by atoms with van der Waals surface area (Å²) in [6.07, 6.45) is 0.638. The molecule has 0 bridgehead atoms. The topological polar surface area (TPSA) is 116 Å². The van der Waals surface area contributed by atoms with Crippen molar-refractivity contribution in [1.82, 2.24) is 5.32 Å². The lowest BCUT2D eigenvalue weighted by molar-refractivity contribution is -0.149. The number of rotatable bonds is 6. The van der Waals surface area contributed by atoms with Crippen LogP contribution in [0.3, 0.4) is 0 Å². The maximum absolute atomic E-state index is 13.9. The summed E-state index contributed by atoms with van der Waals surface area (Å²) in [5, 5.41) is 25.8. The van der Waals surface area contributed by atoms with Crippen LogP contribution in [-0.4, -0.2) is 40.6 Å². The molecule has 35 heavy (non-hydrogen) atoms. The number of aromatic hydroxyl groups is 1. The molecule has 2 fully saturated rings. The van der Waals surface area contributed by atoms with Gasteiger partial charge in [0.05, 0.1) is 24.6 Å². The quantitative estimate of drug-likeness (QED) is 0.467. The molecule has 5 rings (SSSR count). The lowest BCUT2D eigenvalue weighted by Crippen LogP contribution is -2.55. The second kappa shape index (κ2) is 8.39. The number of phenols is 1. The fourth-order valence-electron chi connectivity index (χ4n) is 5.75. The molecule has 0 unspecified atom stereocenters. The molecule has 0 saturated carbocycles. The monoisotopic (exact) mass is 474 g/mol. The van der Waals surface area contributed by atoms with Crippen LogP contribution in [0, 0.1) is 11.8 Å². The summed E-state index contributed by atoms with van der Waals surface area (Å²) in [6.45, 7) is 1.84. The second-order valence-electron chi connectivity index (χ2n) is 9.09. The standard InChI is InChI=1S/C27H26N2O6/c1-3-13-27(26(33)34)22-21(23(28-27)18-12-11-16(35-2)14-20(18)30)24(31)29(25(22)32)19-10-6-8-15-7-4-5-9-17(15)19/h4-12,14,21-23,28,30H,3,13H2,1-2H3,(H,33,34)/t21-,22+,23+,27-/m0/s1. The largest absolute Gasteiger partial charge is 0.507 e. The van der Waals surface area contributed by atoms with E-state index in [1.165, 1.54) is 13.2 Å². The van der Waals surface area contributed by atoms with Crippen LogP contribution in [0.2, 0.25) is 0 Å². The van der Waals surface area contributed by atoms with E-state index in [1.807, 2.05) is 37.3 Å². The van der Waals surface area contributed by atoms with Gasteiger partial charge in [0, 0.05) is 23.1 Å². The molecule has 0 aromatic heterocycles. The minimum atomic E-state index is -1.65. The fraction of sp³-hybridized carbons (Fsp3) is 0.296. The average Bonchev–Trinajstić information content (AvgIpc) is 3.33. The molecule has 2 amide bonds. The molecule has 8 heteroatoms. The summed E-state index contributed by atoms with van der Waals surface area (Å²) in [5.41, 5.74) is -0.871. The van der Waals surface area contributed by atoms with Crippen LogP contribution in [0.15, 0.2) is 60.7 Å². The summed E-state index contributed by atoms with van der Waals surface area (Å²) in [7, 11) is 1.47. The van der Waals surface area contributed by atoms with Gasteiger partial charge in [0.25, 0.3) is 0 Å². The van der Waals surface area contributed by atoms with E-state index in [-0.39, 0.29) is 12.2 Å². The Bertz CT molecular complexity index is 1350. The number of benzene rings is 3. The Morgan fingerprint density at radius 2 is 1.83 bits per heavy atom. The number of carboxylic acid groups (broad SMARTS) is 1. The first-order valence-electron chi connectivity index (χ1n) is 11.6. The number of carbonyl (C=O) groups excluding carboxylic acids is 2. The molecule has 3 aromatic carbocycles. The highest BCUT2D eigenvalue weighted by Crippen LogP contribution is 2.53. The molecule has 8 nitrogen and oxygen atoms in total. The molecule has 3 N–H and O–H groups in total. The molecule has 0 radical (unpaired) electrons. The van der Waals surface area contributed by atoms with Gasteiger partial charge >= 0.3 is 5.97 Å². The number of anilines is 1. The Morgan fingerprint density at radius 1 is 1.09 bits per heavy atom. The van der Waals surface area contributed by atoms with E-state index >= 15 is 0 Å². The lowest BCUT2D eigenvalue weighted by atomic mass is 9.77. The number of aliphatic carboxylic acids is 1. The van der Waals surface area contributed by atoms with Gasteiger partial charge in [-0.25, -0.2) is 4.90 Å². The van der Waals surface area contributed by atoms with Gasteiger partial charge in [-0.05, 0) is 23.9 Å². The molecule has 2 aliphatic heterocycles. The normalized spacial score (nSPS) is 25.8. The number of carboxylic acids is 1. The zero-order valence-electron chi connectivity index (χ0n) is 19.4. The van der Waals surface area contributed by atoms with Crippen LogP contribution < -0.4 is 15.0 Å². The molecule has 3 aromatic rings. The zero-order valence-corrected chi connectivity index (χ0v) is 19.4. The van der Waals surface area contributed by atoms with Crippen molar-refractivity contribution in [3.05, 3.63) is 66.2 Å². The SMILES string of the molecule is CCC[C@]1(C(=O)O)N[C@H](c2ccc(OC)cc2O)[C@H]2C(=O)N(c3cccc4ccccc34)C(=O)[C@@H]21. The number of carbonyl (C=O) groups is 3. The first kappa shape index (κ1) is 22.9. The van der Waals surface area contributed by atoms with E-state index in [0.717, 1.165) is 15.7 Å². The Morgan fingerprint density at radius 3 is 2.51 bits per heavy atom. The van der Waals surface area contributed by atoms with Gasteiger partial charge in [-0.3, -0.25) is 19.7 Å². The van der Waals surface area contributed by atoms with Crippen molar-refractivity contribution in [2.45, 2.75) is 31.3 Å². The third kappa shape index (κ3) is 3.28. The number of hydrogen-bond acceptors (Lipinski definition) is 6. The van der Waals surface area contributed by atoms with E-state index in [2.05, 4.69) is 5.32 Å². The maximum atomic E-state index is 13.9. The summed E-state index contributed by atoms with van der Waals surface area (Å²) < 4.78 is 5.17. The third-order valence-corrected chi connectivity index (χ3v) is 7.26. The molecule has 4 atom stereocenters. The molecule has 180 valence electrons. The Hall–Kier alpha value is -3.91. The second-order valence-corrected chi connectivity index (χ2v) is 9.09. The number of imide groups is 1. The molecular formula is C27H26N2O6. The Kier molecular flexibility index (Phi) is 5.48. The minimum Gasteiger partial charge on any atom is -0.507 e. The van der Waals surface area contributed by atoms with Crippen LogP contribution in [0.25, 0.3) is 10.8 Å². The summed E-state index contributed by atoms with van der Waals surface area (Å²) in [5.74, 6) is -4.06. The first-order valence-corrected chi connectivity index (χ1v) is 11.6. The van der Waals surface area contributed by atoms with Crippen molar-refractivity contribution in [2.24, 2.45) is 11.8 Å². The van der Waals surface area contributed by atoms with Crippen molar-refractivity contribution in [3.63, 3.8) is 0 Å². The third-order valence-electron chi connectivity index (χ3n) is 7.26. The Balaban J connectivity index is 1.69. The van der Waals surface area contributed by atoms with Crippen LogP contribution >= 0.6 is 0 Å². The number of methoxy groups -OCH3 is 1. The maximum Gasteiger partial charge on any atom is 0.324 e. The predicted octanol–water partition coefficient (Wildman–Crippen LogP) is 3.63. The van der Waals surface area contributed by atoms with E-state index in [1.54, 1.807) is 24.3 Å². The van der Waals surface area contributed by atoms with E-state index in [0.29, 0.717) is 23.4 Å². The van der Waals surface area contributed by atoms with Gasteiger partial charge in [-0.2, -0.15) is 0 Å². The molecule has 2 heterocycles. The molecule has 0 aliphatic carbocycles. The van der Waals surface area contributed by atoms with E-state index in [4.69, 9.17) is 4.74 Å². The number of phenolic OH excluding ortho intramolecular Hbond substituents is 1. The summed E-state index contributed by atoms with van der Waals surface area (Å²) in [6, 6.07) is 16.6. The van der Waals surface area contributed by atoms with Gasteiger partial charge < -0.3 is 14.9 Å². The minimum absolute atomic E-state index is 0.137. The van der Waals surface area contributed by atoms with Crippen molar-refractivity contribution >= 4 is 34.2 Å². The van der Waals surface area contributed by atoms with Gasteiger partial charge in [-0.15, -0.1) is 0 Å². The predicted molar refractivity (Wildman–Crippen MR) is 129 cm³/mol. The Labute approximate surface area is 202 Å². The van der Waals surface area contributed by atoms with E-state index < -0.39 is 41.2 Å². The van der Waals surface area contributed by atoms with Crippen LogP contribution in [0.5, 0.6) is 11.5 Å². The molecule has 2 aliphatic rings. The number of nitrogens with zero attached hydrogens (tertiary/aromatic N) is 1. The lowest BCUT2D eigenvalue weighted by Gasteiger charge is -2.31. The number of ether oxygens (including phenoxy) is 1. The van der Waals surface area contributed by atoms with Crippen LogP contribution in [-0.2, 0) is 14.4 Å². The van der Waals surface area contributed by atoms with Crippen LogP contribution in [0.1, 0.15) is 31.4 Å². The van der Waals surface area contributed by atoms with E-state index in [9.17, 15) is 24.6 Å². The number of fused-ring (bicyclic) bond motifs is 2. The number of amides is 2. The highest BCUT2D eigenvalue weighted by molar-refractivity contribution is 6.26. The van der Waals surface area contributed by atoms with Gasteiger partial charge in [-0.1, -0.05) is 55.8 Å². The molecule has 2 saturated heterocycles. The number of hydrogen-bond donors (Lipinski definition) is 3. The van der Waals surface area contributed by atoms with Crippen molar-refractivity contribution in [2.75, 3.05) is 12.0 Å². The summed E-state index contributed by atoms with van der Waals surface area (Å²) in [4.78, 5) is 41.7. The van der Waals surface area contributed by atoms with Crippen LogP contribution in [0.4, 0.5) is 5.69 Å². The zero-order chi connectivity index (χ0) is 24.9. The fourth-order valence-corrected chi connectivity index (χ4v) is 5.75. The highest BCUT2D eigenvalue weighted by Gasteiger charge is 2.68. The van der Waals surface area contributed by atoms with Gasteiger partial charge in [0.2, 0.25) is 11.8 Å². The summed E-state index contributed by atoms with van der Waals surface area (Å²) >= 11 is 0. The first-order chi connectivity index (χ1) is 16.8. The molecule has 0 spiro atoms. The van der Waals surface area contributed by atoms with Gasteiger partial charge in [0.15, 0.2) is 0 Å². The number of nitrogens with one attached hydrogen (secondary N) is 1. The molecular weight excluding hydrogens is 448 g/mol. The van der Waals surface area contributed by atoms with Gasteiger partial charge in [0.1, 0.15) is 17.0 Å². The smallest absolute Gasteiger partial charge is 0.324 e.